The number of aromatic amines is 1. The van der Waals surface area contributed by atoms with Crippen LogP contribution in [0.5, 0.6) is 0 Å². The van der Waals surface area contributed by atoms with Crippen LogP contribution in [0.2, 0.25) is 0 Å². The molecule has 2 N–H and O–H groups in total. The zero-order valence-electron chi connectivity index (χ0n) is 12.6. The van der Waals surface area contributed by atoms with Crippen LogP contribution in [0.15, 0.2) is 55.0 Å². The summed E-state index contributed by atoms with van der Waals surface area (Å²) >= 11 is 0. The van der Waals surface area contributed by atoms with Crippen LogP contribution < -0.4 is 5.32 Å². The lowest BCUT2D eigenvalue weighted by Gasteiger charge is -2.16. The molecule has 0 radical (unpaired) electrons. The lowest BCUT2D eigenvalue weighted by molar-refractivity contribution is -0.116. The van der Waals surface area contributed by atoms with Crippen molar-refractivity contribution in [1.29, 1.82) is 0 Å². The van der Waals surface area contributed by atoms with E-state index >= 15 is 0 Å². The fourth-order valence-electron chi connectivity index (χ4n) is 2.38. The second-order valence-corrected chi connectivity index (χ2v) is 5.19. The molecule has 0 fully saturated rings. The Morgan fingerprint density at radius 3 is 2.70 bits per heavy atom. The SMILES string of the molecule is CN(CC(=O)Nc1ccncc1)C(=O)c1c[nH]c2ccccc12. The first kappa shape index (κ1) is 14.8. The number of anilines is 1. The number of rotatable bonds is 4. The maximum atomic E-state index is 12.5. The van der Waals surface area contributed by atoms with Crippen molar-refractivity contribution in [3.8, 4) is 0 Å². The molecule has 0 spiro atoms. The number of fused-ring (bicyclic) bond motifs is 1. The smallest absolute Gasteiger partial charge is 0.256 e. The summed E-state index contributed by atoms with van der Waals surface area (Å²) in [6.07, 6.45) is 4.86. The van der Waals surface area contributed by atoms with Gasteiger partial charge in [0.05, 0.1) is 12.1 Å². The molecule has 0 aliphatic carbocycles. The van der Waals surface area contributed by atoms with E-state index in [2.05, 4.69) is 15.3 Å². The number of para-hydroxylation sites is 1. The molecule has 0 atom stereocenters. The van der Waals surface area contributed by atoms with Crippen LogP contribution in [0.4, 0.5) is 5.69 Å². The third-order valence-electron chi connectivity index (χ3n) is 3.51. The second-order valence-electron chi connectivity index (χ2n) is 5.19. The fraction of sp³-hybridized carbons (Fsp3) is 0.118. The molecule has 6 nitrogen and oxygen atoms in total. The van der Waals surface area contributed by atoms with Crippen LogP contribution in [0.25, 0.3) is 10.9 Å². The minimum absolute atomic E-state index is 0.0271. The quantitative estimate of drug-likeness (QED) is 0.776. The first-order chi connectivity index (χ1) is 11.1. The van der Waals surface area contributed by atoms with E-state index in [1.807, 2.05) is 24.3 Å². The normalized spacial score (nSPS) is 10.5. The second kappa shape index (κ2) is 6.31. The third kappa shape index (κ3) is 3.21. The number of pyridine rings is 1. The van der Waals surface area contributed by atoms with Crippen molar-refractivity contribution in [1.82, 2.24) is 14.9 Å². The third-order valence-corrected chi connectivity index (χ3v) is 3.51. The van der Waals surface area contributed by atoms with Gasteiger partial charge in [-0.3, -0.25) is 14.6 Å². The number of aromatic nitrogens is 2. The minimum atomic E-state index is -0.258. The highest BCUT2D eigenvalue weighted by Crippen LogP contribution is 2.18. The molecule has 2 amide bonds. The summed E-state index contributed by atoms with van der Waals surface area (Å²) in [6, 6.07) is 11.0. The number of hydrogen-bond donors (Lipinski definition) is 2. The van der Waals surface area contributed by atoms with Crippen molar-refractivity contribution in [2.75, 3.05) is 18.9 Å². The first-order valence-electron chi connectivity index (χ1n) is 7.16. The maximum Gasteiger partial charge on any atom is 0.256 e. The number of carbonyl (C=O) groups excluding carboxylic acids is 2. The molecule has 0 unspecified atom stereocenters. The fourth-order valence-corrected chi connectivity index (χ4v) is 2.38. The van der Waals surface area contributed by atoms with Gasteiger partial charge in [-0.2, -0.15) is 0 Å². The Hall–Kier alpha value is -3.15. The van der Waals surface area contributed by atoms with Crippen LogP contribution in [0.1, 0.15) is 10.4 Å². The summed E-state index contributed by atoms with van der Waals surface area (Å²) in [7, 11) is 1.61. The van der Waals surface area contributed by atoms with Crippen LogP contribution in [0.3, 0.4) is 0 Å². The van der Waals surface area contributed by atoms with Gasteiger partial charge >= 0.3 is 0 Å². The van der Waals surface area contributed by atoms with E-state index < -0.39 is 0 Å². The largest absolute Gasteiger partial charge is 0.360 e. The van der Waals surface area contributed by atoms with E-state index in [9.17, 15) is 9.59 Å². The number of benzene rings is 1. The first-order valence-corrected chi connectivity index (χ1v) is 7.16. The Kier molecular flexibility index (Phi) is 4.05. The number of likely N-dealkylation sites (N-methyl/N-ethyl adjacent to an activating group) is 1. The minimum Gasteiger partial charge on any atom is -0.360 e. The molecule has 0 saturated heterocycles. The van der Waals surface area contributed by atoms with E-state index in [1.165, 1.54) is 4.90 Å². The van der Waals surface area contributed by atoms with Gasteiger partial charge in [-0.1, -0.05) is 18.2 Å². The number of nitrogens with one attached hydrogen (secondary N) is 2. The standard InChI is InChI=1S/C17H16N4O2/c1-21(11-16(22)20-12-6-8-18-9-7-12)17(23)14-10-19-15-5-3-2-4-13(14)15/h2-10,19H,11H2,1H3,(H,18,20,22). The van der Waals surface area contributed by atoms with Gasteiger partial charge < -0.3 is 15.2 Å². The summed E-state index contributed by atoms with van der Waals surface area (Å²) < 4.78 is 0. The Labute approximate surface area is 133 Å². The molecule has 3 rings (SSSR count). The molecular formula is C17H16N4O2. The summed E-state index contributed by atoms with van der Waals surface area (Å²) in [5.41, 5.74) is 2.10. The van der Waals surface area contributed by atoms with Crippen molar-refractivity contribution in [3.05, 3.63) is 60.6 Å². The zero-order chi connectivity index (χ0) is 16.2. The Morgan fingerprint density at radius 1 is 1.17 bits per heavy atom. The van der Waals surface area contributed by atoms with E-state index in [1.54, 1.807) is 37.8 Å². The number of H-pyrrole nitrogens is 1. The van der Waals surface area contributed by atoms with Gasteiger partial charge in [0.15, 0.2) is 0 Å². The Morgan fingerprint density at radius 2 is 1.91 bits per heavy atom. The zero-order valence-corrected chi connectivity index (χ0v) is 12.6. The molecule has 0 saturated carbocycles. The highest BCUT2D eigenvalue weighted by Gasteiger charge is 2.18. The van der Waals surface area contributed by atoms with Crippen LogP contribution >= 0.6 is 0 Å². The van der Waals surface area contributed by atoms with Crippen LogP contribution in [0, 0.1) is 0 Å². The average Bonchev–Trinajstić information content (AvgIpc) is 2.99. The molecule has 3 aromatic rings. The number of carbonyl (C=O) groups is 2. The van der Waals surface area contributed by atoms with Gasteiger partial charge in [-0.15, -0.1) is 0 Å². The molecule has 1 aromatic carbocycles. The van der Waals surface area contributed by atoms with Gasteiger partial charge in [0.2, 0.25) is 5.91 Å². The monoisotopic (exact) mass is 308 g/mol. The van der Waals surface area contributed by atoms with E-state index in [4.69, 9.17) is 0 Å². The van der Waals surface area contributed by atoms with Gasteiger partial charge in [0.25, 0.3) is 5.91 Å². The van der Waals surface area contributed by atoms with Gasteiger partial charge in [-0.25, -0.2) is 0 Å². The van der Waals surface area contributed by atoms with Crippen molar-refractivity contribution < 1.29 is 9.59 Å². The molecule has 0 aliphatic rings. The van der Waals surface area contributed by atoms with E-state index in [0.717, 1.165) is 10.9 Å². The highest BCUT2D eigenvalue weighted by molar-refractivity contribution is 6.07. The summed E-state index contributed by atoms with van der Waals surface area (Å²) in [5, 5.41) is 3.58. The van der Waals surface area contributed by atoms with E-state index in [-0.39, 0.29) is 18.4 Å². The summed E-state index contributed by atoms with van der Waals surface area (Å²) in [5.74, 6) is -0.459. The van der Waals surface area contributed by atoms with Gasteiger partial charge in [0, 0.05) is 42.2 Å². The molecule has 23 heavy (non-hydrogen) atoms. The number of nitrogens with zero attached hydrogens (tertiary/aromatic N) is 2. The molecule has 2 aromatic heterocycles. The molecular weight excluding hydrogens is 292 g/mol. The molecule has 2 heterocycles. The van der Waals surface area contributed by atoms with Gasteiger partial charge in [0.1, 0.15) is 0 Å². The predicted molar refractivity (Wildman–Crippen MR) is 88.1 cm³/mol. The number of amides is 2. The van der Waals surface area contributed by atoms with Crippen molar-refractivity contribution >= 4 is 28.4 Å². The lowest BCUT2D eigenvalue weighted by atomic mass is 10.1. The van der Waals surface area contributed by atoms with Gasteiger partial charge in [-0.05, 0) is 18.2 Å². The van der Waals surface area contributed by atoms with Crippen molar-refractivity contribution in [3.63, 3.8) is 0 Å². The Balaban J connectivity index is 1.69. The average molecular weight is 308 g/mol. The molecule has 0 aliphatic heterocycles. The highest BCUT2D eigenvalue weighted by atomic mass is 16.2. The lowest BCUT2D eigenvalue weighted by Crippen LogP contribution is -2.34. The van der Waals surface area contributed by atoms with Crippen molar-refractivity contribution in [2.24, 2.45) is 0 Å². The van der Waals surface area contributed by atoms with Crippen LogP contribution in [-0.4, -0.2) is 40.3 Å². The maximum absolute atomic E-state index is 12.5. The summed E-state index contributed by atoms with van der Waals surface area (Å²) in [6.45, 7) is -0.0271. The molecule has 0 bridgehead atoms. The topological polar surface area (TPSA) is 78.1 Å². The predicted octanol–water partition coefficient (Wildman–Crippen LogP) is 2.27. The molecule has 116 valence electrons. The molecule has 6 heteroatoms. The van der Waals surface area contributed by atoms with Crippen molar-refractivity contribution in [2.45, 2.75) is 0 Å². The Bertz CT molecular complexity index is 842. The number of hydrogen-bond acceptors (Lipinski definition) is 3. The van der Waals surface area contributed by atoms with Crippen LogP contribution in [-0.2, 0) is 4.79 Å². The summed E-state index contributed by atoms with van der Waals surface area (Å²) in [4.78, 5) is 32.9. The van der Waals surface area contributed by atoms with E-state index in [0.29, 0.717) is 11.3 Å².